The summed E-state index contributed by atoms with van der Waals surface area (Å²) in [7, 11) is 3.55. The van der Waals surface area contributed by atoms with Crippen LogP contribution < -0.4 is 15.5 Å². The summed E-state index contributed by atoms with van der Waals surface area (Å²) < 4.78 is 10.4. The van der Waals surface area contributed by atoms with Crippen molar-refractivity contribution in [3.8, 4) is 0 Å². The molecule has 2 aromatic heterocycles. The Balaban J connectivity index is 1.68. The molecule has 0 saturated carbocycles. The lowest BCUT2D eigenvalue weighted by atomic mass is 9.95. The van der Waals surface area contributed by atoms with Crippen molar-refractivity contribution in [2.45, 2.75) is 32.2 Å². The summed E-state index contributed by atoms with van der Waals surface area (Å²) in [5.74, 6) is 0.603. The van der Waals surface area contributed by atoms with Crippen molar-refractivity contribution in [2.24, 2.45) is 0 Å². The van der Waals surface area contributed by atoms with Gasteiger partial charge in [0.1, 0.15) is 11.5 Å². The first-order chi connectivity index (χ1) is 13.6. The highest BCUT2D eigenvalue weighted by Crippen LogP contribution is 2.38. The molecule has 2 heterocycles. The Bertz CT molecular complexity index is 801. The molecular formula is C20H28N3O4S+. The molecule has 0 aliphatic heterocycles. The number of furan rings is 1. The first-order valence-electron chi connectivity index (χ1n) is 9.63. The van der Waals surface area contributed by atoms with E-state index in [0.29, 0.717) is 36.8 Å². The molecule has 3 N–H and O–H groups in total. The van der Waals surface area contributed by atoms with Crippen molar-refractivity contribution in [3.63, 3.8) is 0 Å². The van der Waals surface area contributed by atoms with Gasteiger partial charge in [0.05, 0.1) is 25.5 Å². The number of thiophene rings is 1. The molecular weight excluding hydrogens is 378 g/mol. The van der Waals surface area contributed by atoms with Gasteiger partial charge in [-0.1, -0.05) is 0 Å². The van der Waals surface area contributed by atoms with Gasteiger partial charge in [-0.3, -0.25) is 9.59 Å². The number of fused-ring (bicyclic) bond motifs is 1. The van der Waals surface area contributed by atoms with Crippen LogP contribution in [0.15, 0.2) is 22.8 Å². The van der Waals surface area contributed by atoms with Crippen molar-refractivity contribution < 1.29 is 23.6 Å². The van der Waals surface area contributed by atoms with E-state index in [1.54, 1.807) is 13.4 Å². The Morgan fingerprint density at radius 2 is 2.14 bits per heavy atom. The van der Waals surface area contributed by atoms with Crippen molar-refractivity contribution in [1.29, 1.82) is 0 Å². The molecule has 0 bridgehead atoms. The maximum atomic E-state index is 12.8. The molecule has 28 heavy (non-hydrogen) atoms. The standard InChI is InChI=1S/C20H27N3O4S/c1-23(12-14-6-5-10-27-14)13-17(24)22-20-18(19(25)21-9-11-26-2)15-7-3-4-8-16(15)28-20/h5-6,10H,3-4,7-9,11-13H2,1-2H3,(H,21,25)(H,22,24)/p+1. The summed E-state index contributed by atoms with van der Waals surface area (Å²) in [6, 6.07) is 3.74. The van der Waals surface area contributed by atoms with Crippen LogP contribution >= 0.6 is 11.3 Å². The lowest BCUT2D eigenvalue weighted by Crippen LogP contribution is -3.08. The molecule has 8 heteroatoms. The summed E-state index contributed by atoms with van der Waals surface area (Å²) in [6.07, 6.45) is 5.69. The van der Waals surface area contributed by atoms with Crippen molar-refractivity contribution >= 4 is 28.2 Å². The molecule has 1 aliphatic carbocycles. The van der Waals surface area contributed by atoms with Crippen LogP contribution in [0.4, 0.5) is 5.00 Å². The molecule has 0 fully saturated rings. The van der Waals surface area contributed by atoms with Crippen LogP contribution in [0.1, 0.15) is 39.4 Å². The van der Waals surface area contributed by atoms with E-state index in [-0.39, 0.29) is 11.8 Å². The molecule has 2 aromatic rings. The highest BCUT2D eigenvalue weighted by atomic mass is 32.1. The normalized spacial score (nSPS) is 14.4. The van der Waals surface area contributed by atoms with Gasteiger partial charge in [0.25, 0.3) is 11.8 Å². The monoisotopic (exact) mass is 406 g/mol. The largest absolute Gasteiger partial charge is 0.463 e. The number of ether oxygens (including phenoxy) is 1. The first kappa shape index (κ1) is 20.6. The molecule has 0 radical (unpaired) electrons. The SMILES string of the molecule is COCCNC(=O)c1c(NC(=O)C[NH+](C)Cc2ccco2)sc2c1CCCC2. The molecule has 2 amide bonds. The molecule has 0 aromatic carbocycles. The molecule has 1 atom stereocenters. The lowest BCUT2D eigenvalue weighted by molar-refractivity contribution is -0.886. The van der Waals surface area contributed by atoms with E-state index in [1.807, 2.05) is 19.2 Å². The highest BCUT2D eigenvalue weighted by Gasteiger charge is 2.26. The van der Waals surface area contributed by atoms with Crippen LogP contribution in [-0.2, 0) is 28.9 Å². The van der Waals surface area contributed by atoms with Gasteiger partial charge in [-0.25, -0.2) is 0 Å². The van der Waals surface area contributed by atoms with Gasteiger partial charge in [0.15, 0.2) is 12.3 Å². The molecule has 1 unspecified atom stereocenters. The number of aryl methyl sites for hydroxylation is 1. The van der Waals surface area contributed by atoms with Crippen LogP contribution in [0.2, 0.25) is 0 Å². The molecule has 1 aliphatic rings. The van der Waals surface area contributed by atoms with Gasteiger partial charge in [-0.15, -0.1) is 11.3 Å². The summed E-state index contributed by atoms with van der Waals surface area (Å²) in [5.41, 5.74) is 1.73. The third kappa shape index (κ3) is 5.21. The van der Waals surface area contributed by atoms with Gasteiger partial charge < -0.3 is 24.7 Å². The van der Waals surface area contributed by atoms with Crippen molar-refractivity contribution in [2.75, 3.05) is 39.2 Å². The second-order valence-electron chi connectivity index (χ2n) is 7.10. The molecule has 3 rings (SSSR count). The lowest BCUT2D eigenvalue weighted by Gasteiger charge is -2.14. The number of likely N-dealkylation sites (N-methyl/N-ethyl adjacent to an activating group) is 1. The topological polar surface area (TPSA) is 85.0 Å². The van der Waals surface area contributed by atoms with E-state index < -0.39 is 0 Å². The average molecular weight is 407 g/mol. The zero-order chi connectivity index (χ0) is 19.9. The minimum atomic E-state index is -0.136. The Kier molecular flexibility index (Phi) is 7.24. The summed E-state index contributed by atoms with van der Waals surface area (Å²) in [5, 5.41) is 6.54. The Morgan fingerprint density at radius 1 is 1.32 bits per heavy atom. The fourth-order valence-corrected chi connectivity index (χ4v) is 4.77. The van der Waals surface area contributed by atoms with Gasteiger partial charge in [-0.05, 0) is 43.4 Å². The summed E-state index contributed by atoms with van der Waals surface area (Å²) >= 11 is 1.54. The summed E-state index contributed by atoms with van der Waals surface area (Å²) in [4.78, 5) is 27.6. The Labute approximate surface area is 169 Å². The third-order valence-corrected chi connectivity index (χ3v) is 5.97. The number of methoxy groups -OCH3 is 1. The Hall–Kier alpha value is -2.16. The van der Waals surface area contributed by atoms with Gasteiger partial charge in [0.2, 0.25) is 0 Å². The number of quaternary nitrogens is 1. The maximum absolute atomic E-state index is 12.8. The van der Waals surface area contributed by atoms with E-state index in [4.69, 9.17) is 9.15 Å². The predicted molar refractivity (Wildman–Crippen MR) is 108 cm³/mol. The summed E-state index contributed by atoms with van der Waals surface area (Å²) in [6.45, 7) is 1.84. The van der Waals surface area contributed by atoms with Crippen LogP contribution in [0.5, 0.6) is 0 Å². The third-order valence-electron chi connectivity index (χ3n) is 4.76. The van der Waals surface area contributed by atoms with Crippen molar-refractivity contribution in [1.82, 2.24) is 5.32 Å². The number of amides is 2. The number of hydrogen-bond donors (Lipinski definition) is 3. The van der Waals surface area contributed by atoms with E-state index in [2.05, 4.69) is 10.6 Å². The van der Waals surface area contributed by atoms with Gasteiger partial charge in [-0.2, -0.15) is 0 Å². The van der Waals surface area contributed by atoms with E-state index in [9.17, 15) is 9.59 Å². The number of hydrogen-bond acceptors (Lipinski definition) is 5. The first-order valence-corrected chi connectivity index (χ1v) is 10.4. The fourth-order valence-electron chi connectivity index (χ4n) is 3.47. The molecule has 7 nitrogen and oxygen atoms in total. The van der Waals surface area contributed by atoms with E-state index in [1.165, 1.54) is 16.2 Å². The molecule has 0 saturated heterocycles. The maximum Gasteiger partial charge on any atom is 0.280 e. The highest BCUT2D eigenvalue weighted by molar-refractivity contribution is 7.17. The number of rotatable bonds is 9. The second kappa shape index (κ2) is 9.86. The van der Waals surface area contributed by atoms with E-state index in [0.717, 1.165) is 41.9 Å². The van der Waals surface area contributed by atoms with Crippen LogP contribution in [0.25, 0.3) is 0 Å². The molecule has 152 valence electrons. The Morgan fingerprint density at radius 3 is 2.89 bits per heavy atom. The van der Waals surface area contributed by atoms with Gasteiger partial charge >= 0.3 is 0 Å². The number of carbonyl (C=O) groups is 2. The number of anilines is 1. The quantitative estimate of drug-likeness (QED) is 0.547. The van der Waals surface area contributed by atoms with Crippen LogP contribution in [0.3, 0.4) is 0 Å². The minimum absolute atomic E-state index is 0.103. The zero-order valence-electron chi connectivity index (χ0n) is 16.4. The number of nitrogens with one attached hydrogen (secondary N) is 3. The smallest absolute Gasteiger partial charge is 0.280 e. The predicted octanol–water partition coefficient (Wildman–Crippen LogP) is 1.25. The minimum Gasteiger partial charge on any atom is -0.463 e. The average Bonchev–Trinajstić information content (AvgIpc) is 3.28. The zero-order valence-corrected chi connectivity index (χ0v) is 17.2. The van der Waals surface area contributed by atoms with Crippen molar-refractivity contribution in [3.05, 3.63) is 40.2 Å². The van der Waals surface area contributed by atoms with Crippen LogP contribution in [-0.4, -0.2) is 45.7 Å². The van der Waals surface area contributed by atoms with Gasteiger partial charge in [0, 0.05) is 18.5 Å². The van der Waals surface area contributed by atoms with E-state index >= 15 is 0 Å². The second-order valence-corrected chi connectivity index (χ2v) is 8.21. The van der Waals surface area contributed by atoms with Crippen LogP contribution in [0, 0.1) is 0 Å². The fraction of sp³-hybridized carbons (Fsp3) is 0.500. The molecule has 0 spiro atoms. The number of carbonyl (C=O) groups excluding carboxylic acids is 2.